The molecule has 0 atom stereocenters. The van der Waals surface area contributed by atoms with E-state index in [1.807, 2.05) is 12.1 Å². The molecule has 0 amide bonds. The molecule has 3 aromatic rings. The summed E-state index contributed by atoms with van der Waals surface area (Å²) in [6.07, 6.45) is 1.85. The van der Waals surface area contributed by atoms with Crippen LogP contribution in [0.25, 0.3) is 0 Å². The molecule has 4 heteroatoms. The Bertz CT molecular complexity index is 1130. The summed E-state index contributed by atoms with van der Waals surface area (Å²) in [4.78, 5) is 2.36. The lowest BCUT2D eigenvalue weighted by Crippen LogP contribution is -2.28. The van der Waals surface area contributed by atoms with E-state index in [1.54, 1.807) is 0 Å². The Morgan fingerprint density at radius 1 is 0.914 bits per heavy atom. The van der Waals surface area contributed by atoms with Crippen LogP contribution in [0.3, 0.4) is 0 Å². The van der Waals surface area contributed by atoms with Crippen LogP contribution in [-0.2, 0) is 36.1 Å². The van der Waals surface area contributed by atoms with Crippen molar-refractivity contribution in [3.05, 3.63) is 94.0 Å². The van der Waals surface area contributed by atoms with Crippen molar-refractivity contribution < 1.29 is 14.6 Å². The lowest BCUT2D eigenvalue weighted by molar-refractivity contribution is 0.0755. The van der Waals surface area contributed by atoms with Gasteiger partial charge in [-0.2, -0.15) is 0 Å². The van der Waals surface area contributed by atoms with Crippen molar-refractivity contribution in [2.45, 2.75) is 59.0 Å². The van der Waals surface area contributed by atoms with Crippen molar-refractivity contribution in [3.8, 4) is 11.5 Å². The molecule has 2 bridgehead atoms. The number of fused-ring (bicyclic) bond motifs is 3. The molecule has 0 unspecified atom stereocenters. The Hall–Kier alpha value is -2.82. The summed E-state index contributed by atoms with van der Waals surface area (Å²) in [6, 6.07) is 21.4. The molecule has 1 heterocycles. The average Bonchev–Trinajstić information content (AvgIpc) is 2.82. The van der Waals surface area contributed by atoms with Crippen LogP contribution in [0.5, 0.6) is 11.5 Å². The fraction of sp³-hybridized carbons (Fsp3) is 0.419. The third-order valence-electron chi connectivity index (χ3n) is 6.70. The van der Waals surface area contributed by atoms with Gasteiger partial charge in [-0.1, -0.05) is 76.2 Å². The number of phenolic OH excluding ortho intramolecular Hbond substituents is 1. The topological polar surface area (TPSA) is 41.9 Å². The maximum absolute atomic E-state index is 10.6. The van der Waals surface area contributed by atoms with Gasteiger partial charge in [0.25, 0.3) is 0 Å². The zero-order valence-electron chi connectivity index (χ0n) is 21.6. The van der Waals surface area contributed by atoms with Gasteiger partial charge in [-0.3, -0.25) is 4.90 Å². The Morgan fingerprint density at radius 2 is 1.74 bits per heavy atom. The molecule has 4 rings (SSSR count). The Kier molecular flexibility index (Phi) is 8.15. The van der Waals surface area contributed by atoms with Gasteiger partial charge >= 0.3 is 0 Å². The highest BCUT2D eigenvalue weighted by atomic mass is 16.5. The van der Waals surface area contributed by atoms with E-state index in [2.05, 4.69) is 81.1 Å². The minimum atomic E-state index is 0.0341. The van der Waals surface area contributed by atoms with E-state index in [-0.39, 0.29) is 5.41 Å². The summed E-state index contributed by atoms with van der Waals surface area (Å²) in [5, 5.41) is 10.6. The second kappa shape index (κ2) is 11.3. The summed E-state index contributed by atoms with van der Waals surface area (Å²) in [5.41, 5.74) is 7.31. The first-order valence-electron chi connectivity index (χ1n) is 12.8. The second-order valence-electron chi connectivity index (χ2n) is 10.6. The van der Waals surface area contributed by atoms with E-state index in [9.17, 15) is 5.11 Å². The molecule has 4 nitrogen and oxygen atoms in total. The van der Waals surface area contributed by atoms with Gasteiger partial charge in [0.05, 0.1) is 13.2 Å². The van der Waals surface area contributed by atoms with Gasteiger partial charge in [0.2, 0.25) is 0 Å². The lowest BCUT2D eigenvalue weighted by atomic mass is 9.86. The predicted molar refractivity (Wildman–Crippen MR) is 142 cm³/mol. The van der Waals surface area contributed by atoms with Gasteiger partial charge < -0.3 is 14.6 Å². The van der Waals surface area contributed by atoms with E-state index in [0.29, 0.717) is 32.1 Å². The van der Waals surface area contributed by atoms with Crippen LogP contribution in [0, 0.1) is 0 Å². The van der Waals surface area contributed by atoms with E-state index >= 15 is 0 Å². The predicted octanol–water partition coefficient (Wildman–Crippen LogP) is 6.25. The molecule has 3 aromatic carbocycles. The maximum Gasteiger partial charge on any atom is 0.122 e. The highest BCUT2D eigenvalue weighted by Gasteiger charge is 2.18. The Balaban J connectivity index is 1.60. The third-order valence-corrected chi connectivity index (χ3v) is 6.70. The molecular formula is C31H39NO3. The Morgan fingerprint density at radius 3 is 2.54 bits per heavy atom. The smallest absolute Gasteiger partial charge is 0.122 e. The van der Waals surface area contributed by atoms with Crippen molar-refractivity contribution in [2.24, 2.45) is 0 Å². The zero-order valence-corrected chi connectivity index (χ0v) is 21.6. The highest BCUT2D eigenvalue weighted by molar-refractivity contribution is 5.42. The molecule has 186 valence electrons. The third kappa shape index (κ3) is 6.87. The molecule has 0 aromatic heterocycles. The van der Waals surface area contributed by atoms with Crippen LogP contribution in [0.2, 0.25) is 0 Å². The SMILES string of the molecule is CCc1ccc2c(c1)Cc1cccc(c1)CN(Cc1cc(C(C)(C)C)ccc1O)CCOCCO2. The fourth-order valence-corrected chi connectivity index (χ4v) is 4.59. The monoisotopic (exact) mass is 473 g/mol. The first-order chi connectivity index (χ1) is 16.8. The van der Waals surface area contributed by atoms with E-state index in [1.165, 1.54) is 27.8 Å². The highest BCUT2D eigenvalue weighted by Crippen LogP contribution is 2.29. The van der Waals surface area contributed by atoms with Gasteiger partial charge in [-0.15, -0.1) is 0 Å². The number of benzene rings is 3. The molecular weight excluding hydrogens is 434 g/mol. The standard InChI is InChI=1S/C31H39NO3/c1-5-23-9-12-30-26(18-23)19-24-7-6-8-25(17-24)21-32(13-14-34-15-16-35-30)22-27-20-28(31(2,3)4)10-11-29(27)33/h6-12,17-18,20,33H,5,13-16,19,21-22H2,1-4H3. The maximum atomic E-state index is 10.6. The van der Waals surface area contributed by atoms with Crippen LogP contribution in [-0.4, -0.2) is 36.4 Å². The number of hydrogen-bond acceptors (Lipinski definition) is 4. The summed E-state index contributed by atoms with van der Waals surface area (Å²) < 4.78 is 12.1. The first-order valence-corrected chi connectivity index (χ1v) is 12.8. The van der Waals surface area contributed by atoms with Crippen molar-refractivity contribution in [2.75, 3.05) is 26.4 Å². The van der Waals surface area contributed by atoms with Crippen molar-refractivity contribution in [1.82, 2.24) is 4.90 Å². The number of aromatic hydroxyl groups is 1. The summed E-state index contributed by atoms with van der Waals surface area (Å²) >= 11 is 0. The Labute approximate surface area is 210 Å². The molecule has 1 N–H and O–H groups in total. The largest absolute Gasteiger partial charge is 0.508 e. The molecule has 0 aliphatic carbocycles. The summed E-state index contributed by atoms with van der Waals surface area (Å²) in [6.45, 7) is 12.7. The van der Waals surface area contributed by atoms with Crippen LogP contribution in [0.4, 0.5) is 0 Å². The van der Waals surface area contributed by atoms with Crippen LogP contribution < -0.4 is 4.74 Å². The average molecular weight is 474 g/mol. The summed E-state index contributed by atoms with van der Waals surface area (Å²) in [7, 11) is 0. The number of aryl methyl sites for hydroxylation is 1. The number of hydrogen-bond donors (Lipinski definition) is 1. The van der Waals surface area contributed by atoms with Gasteiger partial charge in [-0.05, 0) is 51.8 Å². The molecule has 0 saturated carbocycles. The molecule has 0 saturated heterocycles. The van der Waals surface area contributed by atoms with E-state index in [0.717, 1.165) is 37.2 Å². The van der Waals surface area contributed by atoms with Gasteiger partial charge in [0.1, 0.15) is 18.1 Å². The minimum absolute atomic E-state index is 0.0341. The van der Waals surface area contributed by atoms with Crippen molar-refractivity contribution >= 4 is 0 Å². The normalized spacial score (nSPS) is 15.7. The minimum Gasteiger partial charge on any atom is -0.508 e. The molecule has 35 heavy (non-hydrogen) atoms. The molecule has 0 fully saturated rings. The zero-order chi connectivity index (χ0) is 24.8. The van der Waals surface area contributed by atoms with Crippen LogP contribution >= 0.6 is 0 Å². The van der Waals surface area contributed by atoms with E-state index in [4.69, 9.17) is 9.47 Å². The molecule has 1 aliphatic rings. The molecule has 1 aliphatic heterocycles. The number of ether oxygens (including phenoxy) is 2. The summed E-state index contributed by atoms with van der Waals surface area (Å²) in [5.74, 6) is 1.30. The van der Waals surface area contributed by atoms with Gasteiger partial charge in [0.15, 0.2) is 0 Å². The van der Waals surface area contributed by atoms with Crippen LogP contribution in [0.15, 0.2) is 60.7 Å². The second-order valence-corrected chi connectivity index (χ2v) is 10.6. The number of phenols is 1. The molecule has 0 radical (unpaired) electrons. The quantitative estimate of drug-likeness (QED) is 0.488. The van der Waals surface area contributed by atoms with Gasteiger partial charge in [-0.25, -0.2) is 0 Å². The molecule has 0 spiro atoms. The van der Waals surface area contributed by atoms with Crippen molar-refractivity contribution in [3.63, 3.8) is 0 Å². The van der Waals surface area contributed by atoms with E-state index < -0.39 is 0 Å². The van der Waals surface area contributed by atoms with Crippen molar-refractivity contribution in [1.29, 1.82) is 0 Å². The van der Waals surface area contributed by atoms with Crippen LogP contribution in [0.1, 0.15) is 61.1 Å². The fourth-order valence-electron chi connectivity index (χ4n) is 4.59. The lowest BCUT2D eigenvalue weighted by Gasteiger charge is -2.25. The number of rotatable bonds is 3. The van der Waals surface area contributed by atoms with Gasteiger partial charge in [0, 0.05) is 31.6 Å². The first kappa shape index (κ1) is 25.3. The number of nitrogens with zero attached hydrogens (tertiary/aromatic N) is 1.